The Morgan fingerprint density at radius 1 is 1.04 bits per heavy atom. The van der Waals surface area contributed by atoms with E-state index in [-0.39, 0.29) is 5.56 Å². The van der Waals surface area contributed by atoms with Gasteiger partial charge in [-0.3, -0.25) is 4.79 Å². The molecule has 0 spiro atoms. The Morgan fingerprint density at radius 3 is 2.70 bits per heavy atom. The predicted octanol–water partition coefficient (Wildman–Crippen LogP) is 2.74. The first-order chi connectivity index (χ1) is 11.2. The summed E-state index contributed by atoms with van der Waals surface area (Å²) in [5.41, 5.74) is 1.13. The number of ether oxygens (including phenoxy) is 1. The Hall–Kier alpha value is -3.28. The zero-order chi connectivity index (χ0) is 15.8. The Bertz CT molecular complexity index is 1090. The molecule has 4 aromatic rings. The Kier molecular flexibility index (Phi) is 3.01. The van der Waals surface area contributed by atoms with E-state index < -0.39 is 0 Å². The molecule has 0 bridgehead atoms. The lowest BCUT2D eigenvalue weighted by Crippen LogP contribution is -2.18. The Morgan fingerprint density at radius 2 is 1.87 bits per heavy atom. The number of aromatic nitrogens is 4. The van der Waals surface area contributed by atoms with Crippen molar-refractivity contribution < 1.29 is 4.74 Å². The number of benzene rings is 2. The van der Waals surface area contributed by atoms with Gasteiger partial charge in [-0.2, -0.15) is 9.61 Å². The van der Waals surface area contributed by atoms with Crippen LogP contribution >= 0.6 is 0 Å². The molecule has 0 amide bonds. The molecule has 23 heavy (non-hydrogen) atoms. The number of hydrogen-bond acceptors (Lipinski definition) is 5. The van der Waals surface area contributed by atoms with Crippen LogP contribution in [0.1, 0.15) is 5.56 Å². The first kappa shape index (κ1) is 13.4. The molecule has 0 atom stereocenters. The third-order valence-electron chi connectivity index (χ3n) is 3.52. The summed E-state index contributed by atoms with van der Waals surface area (Å²) in [7, 11) is 0. The standard InChI is InChI=1S/C17H12N4O2/c1-11-5-4-6-12(9-11)23-17-14-8-3-2-7-13(14)16-19-18-10-15(22)21(16)20-17/h2-10H,1H3. The lowest BCUT2D eigenvalue weighted by atomic mass is 10.2. The summed E-state index contributed by atoms with van der Waals surface area (Å²) in [5, 5.41) is 13.6. The van der Waals surface area contributed by atoms with Crippen molar-refractivity contribution in [3.63, 3.8) is 0 Å². The molecular formula is C17H12N4O2. The summed E-state index contributed by atoms with van der Waals surface area (Å²) in [5.74, 6) is 1.02. The molecule has 0 aliphatic carbocycles. The molecule has 2 heterocycles. The maximum atomic E-state index is 12.0. The van der Waals surface area contributed by atoms with Crippen molar-refractivity contribution in [1.29, 1.82) is 0 Å². The molecule has 112 valence electrons. The molecule has 4 rings (SSSR count). The van der Waals surface area contributed by atoms with Crippen molar-refractivity contribution >= 4 is 16.4 Å². The predicted molar refractivity (Wildman–Crippen MR) is 85.8 cm³/mol. The van der Waals surface area contributed by atoms with Crippen LogP contribution in [0.2, 0.25) is 0 Å². The minimum absolute atomic E-state index is 0.352. The molecule has 0 saturated carbocycles. The fourth-order valence-corrected chi connectivity index (χ4v) is 2.47. The van der Waals surface area contributed by atoms with Gasteiger partial charge in [0.15, 0.2) is 5.65 Å². The van der Waals surface area contributed by atoms with Crippen LogP contribution < -0.4 is 10.3 Å². The highest BCUT2D eigenvalue weighted by molar-refractivity contribution is 5.96. The van der Waals surface area contributed by atoms with Gasteiger partial charge in [0.05, 0.1) is 0 Å². The van der Waals surface area contributed by atoms with E-state index in [1.807, 2.05) is 55.5 Å². The van der Waals surface area contributed by atoms with Gasteiger partial charge in [-0.05, 0) is 30.7 Å². The molecule has 0 fully saturated rings. The van der Waals surface area contributed by atoms with Crippen LogP contribution in [-0.4, -0.2) is 19.8 Å². The molecule has 2 aromatic heterocycles. The summed E-state index contributed by atoms with van der Waals surface area (Å²) in [4.78, 5) is 12.0. The minimum Gasteiger partial charge on any atom is -0.437 e. The van der Waals surface area contributed by atoms with E-state index in [1.165, 1.54) is 4.52 Å². The van der Waals surface area contributed by atoms with Gasteiger partial charge in [-0.25, -0.2) is 0 Å². The van der Waals surface area contributed by atoms with E-state index >= 15 is 0 Å². The van der Waals surface area contributed by atoms with E-state index in [9.17, 15) is 4.79 Å². The number of rotatable bonds is 2. The second-order valence-corrected chi connectivity index (χ2v) is 5.19. The number of nitrogens with zero attached hydrogens (tertiary/aromatic N) is 4. The molecule has 0 aliphatic heterocycles. The average Bonchev–Trinajstić information content (AvgIpc) is 2.56. The van der Waals surface area contributed by atoms with E-state index in [0.29, 0.717) is 17.3 Å². The fourth-order valence-electron chi connectivity index (χ4n) is 2.47. The number of hydrogen-bond donors (Lipinski definition) is 0. The third-order valence-corrected chi connectivity index (χ3v) is 3.52. The van der Waals surface area contributed by atoms with E-state index in [2.05, 4.69) is 15.3 Å². The first-order valence-electron chi connectivity index (χ1n) is 7.10. The quantitative estimate of drug-likeness (QED) is 0.533. The van der Waals surface area contributed by atoms with E-state index in [0.717, 1.165) is 22.5 Å². The smallest absolute Gasteiger partial charge is 0.293 e. The largest absolute Gasteiger partial charge is 0.437 e. The second-order valence-electron chi connectivity index (χ2n) is 5.19. The summed E-state index contributed by atoms with van der Waals surface area (Å²) < 4.78 is 7.13. The summed E-state index contributed by atoms with van der Waals surface area (Å²) in [6.45, 7) is 1.98. The summed E-state index contributed by atoms with van der Waals surface area (Å²) in [6.07, 6.45) is 1.13. The molecule has 2 aromatic carbocycles. The van der Waals surface area contributed by atoms with Gasteiger partial charge in [-0.15, -0.1) is 10.2 Å². The molecule has 0 saturated heterocycles. The Labute approximate surface area is 131 Å². The molecule has 0 unspecified atom stereocenters. The van der Waals surface area contributed by atoms with Gasteiger partial charge in [0, 0.05) is 10.8 Å². The van der Waals surface area contributed by atoms with Crippen molar-refractivity contribution in [1.82, 2.24) is 19.8 Å². The lowest BCUT2D eigenvalue weighted by molar-refractivity contribution is 0.457. The minimum atomic E-state index is -0.352. The zero-order valence-corrected chi connectivity index (χ0v) is 12.3. The van der Waals surface area contributed by atoms with Crippen molar-refractivity contribution in [2.45, 2.75) is 6.92 Å². The summed E-state index contributed by atoms with van der Waals surface area (Å²) in [6, 6.07) is 15.2. The molecule has 0 aliphatic rings. The highest BCUT2D eigenvalue weighted by atomic mass is 16.5. The van der Waals surface area contributed by atoms with Gasteiger partial charge in [0.25, 0.3) is 5.56 Å². The maximum Gasteiger partial charge on any atom is 0.293 e. The van der Waals surface area contributed by atoms with Gasteiger partial charge in [0.2, 0.25) is 5.88 Å². The van der Waals surface area contributed by atoms with Gasteiger partial charge in [-0.1, -0.05) is 30.3 Å². The second kappa shape index (κ2) is 5.17. The molecular weight excluding hydrogens is 292 g/mol. The molecule has 0 radical (unpaired) electrons. The van der Waals surface area contributed by atoms with E-state index in [4.69, 9.17) is 4.74 Å². The topological polar surface area (TPSA) is 69.4 Å². The average molecular weight is 304 g/mol. The van der Waals surface area contributed by atoms with Gasteiger partial charge >= 0.3 is 0 Å². The number of fused-ring (bicyclic) bond motifs is 3. The molecule has 6 nitrogen and oxygen atoms in total. The first-order valence-corrected chi connectivity index (χ1v) is 7.10. The van der Waals surface area contributed by atoms with Crippen molar-refractivity contribution in [3.05, 3.63) is 70.6 Å². The normalized spacial score (nSPS) is 11.0. The highest BCUT2D eigenvalue weighted by Crippen LogP contribution is 2.29. The number of aryl methyl sites for hydroxylation is 1. The van der Waals surface area contributed by atoms with Crippen LogP contribution in [0.3, 0.4) is 0 Å². The van der Waals surface area contributed by atoms with Gasteiger partial charge < -0.3 is 4.74 Å². The zero-order valence-electron chi connectivity index (χ0n) is 12.3. The van der Waals surface area contributed by atoms with Crippen molar-refractivity contribution in [3.8, 4) is 11.6 Å². The molecule has 0 N–H and O–H groups in total. The van der Waals surface area contributed by atoms with Crippen molar-refractivity contribution in [2.75, 3.05) is 0 Å². The fraction of sp³-hybridized carbons (Fsp3) is 0.0588. The van der Waals surface area contributed by atoms with Crippen LogP contribution in [0.5, 0.6) is 11.6 Å². The van der Waals surface area contributed by atoms with Crippen LogP contribution in [-0.2, 0) is 0 Å². The van der Waals surface area contributed by atoms with Gasteiger partial charge in [0.1, 0.15) is 11.9 Å². The third kappa shape index (κ3) is 2.30. The lowest BCUT2D eigenvalue weighted by Gasteiger charge is -2.10. The molecule has 6 heteroatoms. The van der Waals surface area contributed by atoms with E-state index in [1.54, 1.807) is 0 Å². The highest BCUT2D eigenvalue weighted by Gasteiger charge is 2.12. The summed E-state index contributed by atoms with van der Waals surface area (Å²) >= 11 is 0. The maximum absolute atomic E-state index is 12.0. The van der Waals surface area contributed by atoms with Crippen LogP contribution in [0.25, 0.3) is 16.4 Å². The van der Waals surface area contributed by atoms with Crippen molar-refractivity contribution in [2.24, 2.45) is 0 Å². The van der Waals surface area contributed by atoms with Crippen LogP contribution in [0, 0.1) is 6.92 Å². The monoisotopic (exact) mass is 304 g/mol. The van der Waals surface area contributed by atoms with Crippen LogP contribution in [0.15, 0.2) is 59.5 Å². The Balaban J connectivity index is 2.01. The SMILES string of the molecule is Cc1cccc(Oc2nn3c(=O)cnnc3c3ccccc23)c1. The van der Waals surface area contributed by atoms with Crippen LogP contribution in [0.4, 0.5) is 0 Å².